The van der Waals surface area contributed by atoms with Gasteiger partial charge in [0, 0.05) is 12.3 Å². The summed E-state index contributed by atoms with van der Waals surface area (Å²) in [7, 11) is 0. The van der Waals surface area contributed by atoms with E-state index in [4.69, 9.17) is 4.74 Å². The lowest BCUT2D eigenvalue weighted by molar-refractivity contribution is -0.141. The number of benzene rings is 2. The summed E-state index contributed by atoms with van der Waals surface area (Å²) < 4.78 is 37.4. The van der Waals surface area contributed by atoms with Crippen LogP contribution in [0.4, 0.5) is 19.4 Å². The number of alkyl halides is 2. The number of anilines is 1. The molecule has 2 heterocycles. The zero-order valence-corrected chi connectivity index (χ0v) is 18.0. The van der Waals surface area contributed by atoms with Crippen molar-refractivity contribution in [3.63, 3.8) is 0 Å². The van der Waals surface area contributed by atoms with Crippen molar-refractivity contribution in [1.82, 2.24) is 15.2 Å². The number of carboxylic acid groups (broad SMARTS) is 1. The molecule has 0 saturated carbocycles. The zero-order chi connectivity index (χ0) is 24.7. The molecule has 0 unspecified atom stereocenters. The number of halogens is 2. The standard InChI is InChI=1S/C23H18F2N4O6/c24-23(25)9-17(21(31)32)29(11-23)20(30)18-19(28-35-27-18)26-22(33)34-10-16-14-7-3-1-5-12(14)13-6-2-4-8-15(13)16/h1-8,16-17H,9-11H2,(H,31,32)(H,26,28,33)/t17-/m1/s1. The van der Waals surface area contributed by atoms with Crippen LogP contribution >= 0.6 is 0 Å². The summed E-state index contributed by atoms with van der Waals surface area (Å²) in [5.41, 5.74) is 3.47. The number of hydrogen-bond donors (Lipinski definition) is 2. The Kier molecular flexibility index (Phi) is 5.42. The van der Waals surface area contributed by atoms with Crippen molar-refractivity contribution in [3.05, 3.63) is 65.4 Å². The van der Waals surface area contributed by atoms with Crippen LogP contribution < -0.4 is 5.32 Å². The van der Waals surface area contributed by atoms with E-state index in [9.17, 15) is 28.3 Å². The Morgan fingerprint density at radius 1 is 1.09 bits per heavy atom. The van der Waals surface area contributed by atoms with E-state index < -0.39 is 54.4 Å². The molecule has 3 aromatic rings. The van der Waals surface area contributed by atoms with Crippen molar-refractivity contribution in [2.45, 2.75) is 24.3 Å². The molecule has 1 saturated heterocycles. The minimum absolute atomic E-state index is 0.0200. The van der Waals surface area contributed by atoms with Gasteiger partial charge >= 0.3 is 12.1 Å². The number of carbonyl (C=O) groups is 3. The van der Waals surface area contributed by atoms with Crippen LogP contribution in [0.1, 0.15) is 34.0 Å². The minimum atomic E-state index is -3.38. The minimum Gasteiger partial charge on any atom is -0.480 e. The number of amides is 2. The van der Waals surface area contributed by atoms with Gasteiger partial charge in [0.1, 0.15) is 12.6 Å². The second kappa shape index (κ2) is 8.46. The molecule has 5 rings (SSSR count). The number of ether oxygens (including phenoxy) is 1. The van der Waals surface area contributed by atoms with Gasteiger partial charge in [0.25, 0.3) is 11.8 Å². The van der Waals surface area contributed by atoms with Gasteiger partial charge in [-0.1, -0.05) is 48.5 Å². The van der Waals surface area contributed by atoms with Crippen LogP contribution in [0, 0.1) is 0 Å². The molecule has 0 radical (unpaired) electrons. The van der Waals surface area contributed by atoms with Crippen LogP contribution in [0.15, 0.2) is 53.2 Å². The third-order valence-electron chi connectivity index (χ3n) is 6.07. The number of carboxylic acids is 1. The van der Waals surface area contributed by atoms with Gasteiger partial charge < -0.3 is 14.7 Å². The third-order valence-corrected chi connectivity index (χ3v) is 6.07. The Hall–Kier alpha value is -4.35. The molecule has 35 heavy (non-hydrogen) atoms. The van der Waals surface area contributed by atoms with Gasteiger partial charge in [0.2, 0.25) is 11.5 Å². The van der Waals surface area contributed by atoms with E-state index in [-0.39, 0.29) is 12.5 Å². The van der Waals surface area contributed by atoms with E-state index in [1.54, 1.807) is 0 Å². The van der Waals surface area contributed by atoms with Gasteiger partial charge in [0.15, 0.2) is 0 Å². The molecular formula is C23H18F2N4O6. The first-order chi connectivity index (χ1) is 16.7. The molecule has 1 aromatic heterocycles. The maximum Gasteiger partial charge on any atom is 0.412 e. The number of nitrogens with zero attached hydrogens (tertiary/aromatic N) is 3. The van der Waals surface area contributed by atoms with Crippen LogP contribution in [0.2, 0.25) is 0 Å². The highest BCUT2D eigenvalue weighted by molar-refractivity contribution is 6.01. The number of fused-ring (bicyclic) bond motifs is 3. The molecule has 2 amide bonds. The monoisotopic (exact) mass is 484 g/mol. The summed E-state index contributed by atoms with van der Waals surface area (Å²) in [6.45, 7) is -1.13. The predicted molar refractivity (Wildman–Crippen MR) is 115 cm³/mol. The maximum atomic E-state index is 13.8. The van der Waals surface area contributed by atoms with Gasteiger partial charge in [-0.25, -0.2) is 23.0 Å². The first-order valence-electron chi connectivity index (χ1n) is 10.6. The topological polar surface area (TPSA) is 135 Å². The number of carbonyl (C=O) groups excluding carboxylic acids is 2. The molecule has 180 valence electrons. The lowest BCUT2D eigenvalue weighted by Gasteiger charge is -2.19. The number of likely N-dealkylation sites (tertiary alicyclic amines) is 1. The average molecular weight is 484 g/mol. The van der Waals surface area contributed by atoms with Gasteiger partial charge in [-0.2, -0.15) is 0 Å². The zero-order valence-electron chi connectivity index (χ0n) is 18.0. The largest absolute Gasteiger partial charge is 0.480 e. The summed E-state index contributed by atoms with van der Waals surface area (Å²) in [6, 6.07) is 13.7. The quantitative estimate of drug-likeness (QED) is 0.563. The average Bonchev–Trinajstić information content (AvgIpc) is 3.51. The third kappa shape index (κ3) is 4.07. The van der Waals surface area contributed by atoms with Gasteiger partial charge in [-0.15, -0.1) is 0 Å². The van der Waals surface area contributed by atoms with Crippen molar-refractivity contribution in [2.75, 3.05) is 18.5 Å². The number of hydrogen-bond acceptors (Lipinski definition) is 7. The lowest BCUT2D eigenvalue weighted by Crippen LogP contribution is -2.41. The van der Waals surface area contributed by atoms with Crippen molar-refractivity contribution in [1.29, 1.82) is 0 Å². The van der Waals surface area contributed by atoms with E-state index in [1.807, 2.05) is 48.5 Å². The SMILES string of the molecule is O=C(Nc1nonc1C(=O)N1CC(F)(F)C[C@@H]1C(=O)O)OCC1c2ccccc2-c2ccccc21. The van der Waals surface area contributed by atoms with Crippen molar-refractivity contribution in [3.8, 4) is 11.1 Å². The second-order valence-electron chi connectivity index (χ2n) is 8.26. The Labute approximate surface area is 196 Å². The van der Waals surface area contributed by atoms with E-state index in [0.29, 0.717) is 4.90 Å². The molecule has 2 aliphatic rings. The summed E-state index contributed by atoms with van der Waals surface area (Å²) in [6.07, 6.45) is -2.01. The van der Waals surface area contributed by atoms with Gasteiger partial charge in [-0.3, -0.25) is 10.1 Å². The molecule has 2 N–H and O–H groups in total. The lowest BCUT2D eigenvalue weighted by atomic mass is 9.98. The molecule has 12 heteroatoms. The molecule has 1 aliphatic heterocycles. The van der Waals surface area contributed by atoms with Crippen LogP contribution in [0.25, 0.3) is 11.1 Å². The van der Waals surface area contributed by atoms with Crippen molar-refractivity contribution in [2.24, 2.45) is 0 Å². The van der Waals surface area contributed by atoms with Crippen LogP contribution in [0.3, 0.4) is 0 Å². The maximum absolute atomic E-state index is 13.8. The fourth-order valence-corrected chi connectivity index (χ4v) is 4.53. The normalized spacial score (nSPS) is 18.1. The molecule has 0 bridgehead atoms. The highest BCUT2D eigenvalue weighted by atomic mass is 19.3. The van der Waals surface area contributed by atoms with Crippen molar-refractivity contribution >= 4 is 23.8 Å². The van der Waals surface area contributed by atoms with Crippen LogP contribution in [0.5, 0.6) is 0 Å². The number of rotatable bonds is 5. The first-order valence-corrected chi connectivity index (χ1v) is 10.6. The second-order valence-corrected chi connectivity index (χ2v) is 8.26. The summed E-state index contributed by atoms with van der Waals surface area (Å²) in [5, 5.41) is 18.2. The molecule has 0 spiro atoms. The highest BCUT2D eigenvalue weighted by Gasteiger charge is 2.51. The Morgan fingerprint density at radius 3 is 2.34 bits per heavy atom. The molecule has 1 fully saturated rings. The fourth-order valence-electron chi connectivity index (χ4n) is 4.53. The molecular weight excluding hydrogens is 466 g/mol. The van der Waals surface area contributed by atoms with Gasteiger partial charge in [0.05, 0.1) is 6.54 Å². The summed E-state index contributed by atoms with van der Waals surface area (Å²) in [4.78, 5) is 37.0. The van der Waals surface area contributed by atoms with E-state index in [0.717, 1.165) is 22.3 Å². The van der Waals surface area contributed by atoms with E-state index in [1.165, 1.54) is 0 Å². The van der Waals surface area contributed by atoms with E-state index in [2.05, 4.69) is 20.3 Å². The molecule has 1 aliphatic carbocycles. The Bertz CT molecular complexity index is 1280. The highest BCUT2D eigenvalue weighted by Crippen LogP contribution is 2.44. The van der Waals surface area contributed by atoms with E-state index >= 15 is 0 Å². The summed E-state index contributed by atoms with van der Waals surface area (Å²) in [5.74, 6) is -6.81. The number of aliphatic carboxylic acids is 1. The number of nitrogens with one attached hydrogen (secondary N) is 1. The van der Waals surface area contributed by atoms with Crippen molar-refractivity contribution < 1.29 is 37.6 Å². The van der Waals surface area contributed by atoms with Crippen LogP contribution in [-0.2, 0) is 9.53 Å². The molecule has 10 nitrogen and oxygen atoms in total. The molecule has 1 atom stereocenters. The van der Waals surface area contributed by atoms with Gasteiger partial charge in [-0.05, 0) is 32.6 Å². The Morgan fingerprint density at radius 2 is 1.71 bits per heavy atom. The smallest absolute Gasteiger partial charge is 0.412 e. The first kappa shape index (κ1) is 22.4. The van der Waals surface area contributed by atoms with Crippen LogP contribution in [-0.4, -0.2) is 63.4 Å². The predicted octanol–water partition coefficient (Wildman–Crippen LogP) is 3.37. The Balaban J connectivity index is 1.28. The summed E-state index contributed by atoms with van der Waals surface area (Å²) >= 11 is 0. The fraction of sp³-hybridized carbons (Fsp3) is 0.261. The number of aromatic nitrogens is 2. The molecule has 2 aromatic carbocycles.